The molecule has 0 amide bonds. The summed E-state index contributed by atoms with van der Waals surface area (Å²) in [4.78, 5) is 12.5. The molecule has 0 atom stereocenters. The summed E-state index contributed by atoms with van der Waals surface area (Å²) in [5.74, 6) is 1.25. The second-order valence-corrected chi connectivity index (χ2v) is 6.93. The Morgan fingerprint density at radius 1 is 1.12 bits per heavy atom. The Morgan fingerprint density at radius 3 is 2.68 bits per heavy atom. The topological polar surface area (TPSA) is 31.2 Å². The molecule has 1 fully saturated rings. The minimum atomic E-state index is 0.239. The Kier molecular flexibility index (Phi) is 4.50. The summed E-state index contributed by atoms with van der Waals surface area (Å²) in [5.41, 5.74) is 1.98. The number of hydrogen-bond donors (Lipinski definition) is 0. The number of Topliss-reactive ketones (excluding diaryl/α,β-unsaturated/α-hetero) is 1. The van der Waals surface area contributed by atoms with Crippen molar-refractivity contribution in [3.8, 4) is 5.75 Å². The fourth-order valence-corrected chi connectivity index (χ4v) is 3.36. The fraction of sp³-hybridized carbons (Fsp3) is 0.286. The number of nitrogens with zero attached hydrogens (tertiary/aromatic N) is 1. The average molecular weight is 354 g/mol. The van der Waals surface area contributed by atoms with E-state index in [4.69, 9.17) is 16.3 Å². The molecule has 1 aliphatic rings. The van der Waals surface area contributed by atoms with Crippen molar-refractivity contribution in [2.75, 3.05) is 6.61 Å². The molecule has 0 saturated heterocycles. The molecule has 3 aromatic rings. The van der Waals surface area contributed by atoms with E-state index >= 15 is 0 Å². The number of ketones is 1. The van der Waals surface area contributed by atoms with E-state index in [1.54, 1.807) is 0 Å². The lowest BCUT2D eigenvalue weighted by Gasteiger charge is -2.09. The Balaban J connectivity index is 1.46. The fourth-order valence-electron chi connectivity index (χ4n) is 3.17. The third kappa shape index (κ3) is 3.42. The van der Waals surface area contributed by atoms with Crippen molar-refractivity contribution >= 4 is 28.3 Å². The maximum Gasteiger partial charge on any atom is 0.168 e. The van der Waals surface area contributed by atoms with Crippen LogP contribution in [0.4, 0.5) is 0 Å². The number of aromatic nitrogens is 1. The molecule has 0 aliphatic heterocycles. The number of aryl methyl sites for hydroxylation is 1. The number of rotatable bonds is 7. The van der Waals surface area contributed by atoms with E-state index in [-0.39, 0.29) is 5.92 Å². The molecule has 3 nitrogen and oxygen atoms in total. The van der Waals surface area contributed by atoms with Crippen molar-refractivity contribution in [1.82, 2.24) is 4.57 Å². The predicted molar refractivity (Wildman–Crippen MR) is 101 cm³/mol. The van der Waals surface area contributed by atoms with Crippen molar-refractivity contribution in [2.45, 2.75) is 25.8 Å². The van der Waals surface area contributed by atoms with Gasteiger partial charge in [0, 0.05) is 35.1 Å². The molecule has 1 aromatic heterocycles. The minimum Gasteiger partial charge on any atom is -0.492 e. The summed E-state index contributed by atoms with van der Waals surface area (Å²) in [5, 5.41) is 1.69. The van der Waals surface area contributed by atoms with Gasteiger partial charge in [0.15, 0.2) is 5.78 Å². The van der Waals surface area contributed by atoms with Crippen molar-refractivity contribution in [1.29, 1.82) is 0 Å². The number of hydrogen-bond acceptors (Lipinski definition) is 2. The first-order chi connectivity index (χ1) is 12.2. The molecule has 0 unspecified atom stereocenters. The van der Waals surface area contributed by atoms with Crippen LogP contribution in [0, 0.1) is 5.92 Å². The van der Waals surface area contributed by atoms with E-state index in [0.29, 0.717) is 23.2 Å². The lowest BCUT2D eigenvalue weighted by atomic mass is 10.1. The molecule has 0 bridgehead atoms. The van der Waals surface area contributed by atoms with Gasteiger partial charge >= 0.3 is 0 Å². The van der Waals surface area contributed by atoms with Crippen molar-refractivity contribution in [2.24, 2.45) is 5.92 Å². The molecule has 1 aliphatic carbocycles. The molecule has 4 heteroatoms. The summed E-state index contributed by atoms with van der Waals surface area (Å²) in [6, 6.07) is 15.6. The van der Waals surface area contributed by atoms with E-state index in [2.05, 4.69) is 10.6 Å². The minimum absolute atomic E-state index is 0.239. The van der Waals surface area contributed by atoms with Gasteiger partial charge in [-0.2, -0.15) is 0 Å². The molecule has 0 spiro atoms. The van der Waals surface area contributed by atoms with Gasteiger partial charge in [0.1, 0.15) is 5.75 Å². The van der Waals surface area contributed by atoms with Crippen LogP contribution in [0.25, 0.3) is 10.9 Å². The van der Waals surface area contributed by atoms with Crippen molar-refractivity contribution < 1.29 is 9.53 Å². The first-order valence-electron chi connectivity index (χ1n) is 8.73. The molecule has 128 valence electrons. The van der Waals surface area contributed by atoms with E-state index in [9.17, 15) is 4.79 Å². The van der Waals surface area contributed by atoms with Gasteiger partial charge in [-0.25, -0.2) is 0 Å². The predicted octanol–water partition coefficient (Wildman–Crippen LogP) is 5.36. The number of ether oxygens (including phenoxy) is 1. The van der Waals surface area contributed by atoms with Crippen LogP contribution in [-0.4, -0.2) is 17.0 Å². The zero-order valence-electron chi connectivity index (χ0n) is 14.0. The molecular weight excluding hydrogens is 334 g/mol. The number of halogens is 1. The van der Waals surface area contributed by atoms with Crippen LogP contribution in [0.3, 0.4) is 0 Å². The zero-order chi connectivity index (χ0) is 17.2. The van der Waals surface area contributed by atoms with Crippen LogP contribution in [0.5, 0.6) is 5.75 Å². The first-order valence-corrected chi connectivity index (χ1v) is 9.11. The van der Waals surface area contributed by atoms with Crippen LogP contribution < -0.4 is 4.74 Å². The molecule has 0 radical (unpaired) electrons. The molecular formula is C21H20ClNO2. The zero-order valence-corrected chi connectivity index (χ0v) is 14.7. The number of carbonyl (C=O) groups is 1. The summed E-state index contributed by atoms with van der Waals surface area (Å²) in [6.45, 7) is 1.39. The SMILES string of the molecule is O=C(c1cn(CCCOc2ccccc2Cl)c2ccccc12)C1CC1. The molecule has 25 heavy (non-hydrogen) atoms. The van der Waals surface area contributed by atoms with Crippen LogP contribution in [0.15, 0.2) is 54.7 Å². The maximum atomic E-state index is 12.5. The smallest absolute Gasteiger partial charge is 0.168 e. The molecule has 1 heterocycles. The number of carbonyl (C=O) groups excluding carboxylic acids is 1. The molecule has 4 rings (SSSR count). The lowest BCUT2D eigenvalue weighted by molar-refractivity contribution is 0.0969. The largest absolute Gasteiger partial charge is 0.492 e. The van der Waals surface area contributed by atoms with Gasteiger partial charge in [-0.15, -0.1) is 0 Å². The highest BCUT2D eigenvalue weighted by Crippen LogP contribution is 2.35. The van der Waals surface area contributed by atoms with Crippen LogP contribution >= 0.6 is 11.6 Å². The van der Waals surface area contributed by atoms with Gasteiger partial charge in [-0.05, 0) is 37.5 Å². The average Bonchev–Trinajstić information content (AvgIpc) is 3.42. The Hall–Kier alpha value is -2.26. The highest BCUT2D eigenvalue weighted by molar-refractivity contribution is 6.32. The summed E-state index contributed by atoms with van der Waals surface area (Å²) < 4.78 is 7.93. The summed E-state index contributed by atoms with van der Waals surface area (Å²) in [7, 11) is 0. The maximum absolute atomic E-state index is 12.5. The highest BCUT2D eigenvalue weighted by Gasteiger charge is 2.32. The highest BCUT2D eigenvalue weighted by atomic mass is 35.5. The second kappa shape index (κ2) is 6.93. The Morgan fingerprint density at radius 2 is 1.88 bits per heavy atom. The van der Waals surface area contributed by atoms with E-state index in [1.165, 1.54) is 0 Å². The number of benzene rings is 2. The molecule has 2 aromatic carbocycles. The van der Waals surface area contributed by atoms with Gasteiger partial charge in [-0.3, -0.25) is 4.79 Å². The van der Waals surface area contributed by atoms with Crippen LogP contribution in [0.1, 0.15) is 29.6 Å². The van der Waals surface area contributed by atoms with Crippen LogP contribution in [-0.2, 0) is 6.54 Å². The molecule has 0 N–H and O–H groups in total. The third-order valence-electron chi connectivity index (χ3n) is 4.64. The summed E-state index contributed by atoms with van der Waals surface area (Å²) >= 11 is 6.10. The number of fused-ring (bicyclic) bond motifs is 1. The second-order valence-electron chi connectivity index (χ2n) is 6.52. The van der Waals surface area contributed by atoms with Gasteiger partial charge in [0.2, 0.25) is 0 Å². The lowest BCUT2D eigenvalue weighted by Crippen LogP contribution is -2.04. The normalized spacial score (nSPS) is 14.0. The van der Waals surface area contributed by atoms with Gasteiger partial charge in [-0.1, -0.05) is 41.9 Å². The third-order valence-corrected chi connectivity index (χ3v) is 4.95. The van der Waals surface area contributed by atoms with Gasteiger partial charge < -0.3 is 9.30 Å². The quantitative estimate of drug-likeness (QED) is 0.423. The van der Waals surface area contributed by atoms with Gasteiger partial charge in [0.05, 0.1) is 11.6 Å². The van der Waals surface area contributed by atoms with Crippen LogP contribution in [0.2, 0.25) is 5.02 Å². The summed E-state index contributed by atoms with van der Waals surface area (Å²) in [6.07, 6.45) is 4.93. The standard InChI is InChI=1S/C21H20ClNO2/c22-18-7-2-4-9-20(18)25-13-5-12-23-14-17(21(24)15-10-11-15)16-6-1-3-8-19(16)23/h1-4,6-9,14-15H,5,10-13H2. The van der Waals surface area contributed by atoms with Gasteiger partial charge in [0.25, 0.3) is 0 Å². The van der Waals surface area contributed by atoms with E-state index in [1.807, 2.05) is 48.7 Å². The monoisotopic (exact) mass is 353 g/mol. The first kappa shape index (κ1) is 16.2. The molecule has 1 saturated carbocycles. The van der Waals surface area contributed by atoms with E-state index in [0.717, 1.165) is 42.3 Å². The Bertz CT molecular complexity index is 911. The van der Waals surface area contributed by atoms with E-state index < -0.39 is 0 Å². The number of para-hydroxylation sites is 2. The Labute approximate surface area is 152 Å². The van der Waals surface area contributed by atoms with Crippen molar-refractivity contribution in [3.05, 3.63) is 65.3 Å². The van der Waals surface area contributed by atoms with Crippen molar-refractivity contribution in [3.63, 3.8) is 0 Å².